The summed E-state index contributed by atoms with van der Waals surface area (Å²) in [6.45, 7) is 9.28. The highest BCUT2D eigenvalue weighted by Crippen LogP contribution is 2.28. The van der Waals surface area contributed by atoms with Gasteiger partial charge in [-0.05, 0) is 38.6 Å². The number of amides is 1. The van der Waals surface area contributed by atoms with Crippen LogP contribution in [-0.2, 0) is 4.79 Å². The predicted octanol–water partition coefficient (Wildman–Crippen LogP) is 3.31. The molecule has 1 unspecified atom stereocenters. The Morgan fingerprint density at radius 1 is 1.35 bits per heavy atom. The van der Waals surface area contributed by atoms with Gasteiger partial charge < -0.3 is 15.4 Å². The zero-order valence-corrected chi connectivity index (χ0v) is 13.3. The van der Waals surface area contributed by atoms with Gasteiger partial charge in [-0.15, -0.1) is 0 Å². The molecule has 5 heteroatoms. The van der Waals surface area contributed by atoms with Crippen LogP contribution in [0, 0.1) is 5.92 Å². The maximum atomic E-state index is 12.0. The fourth-order valence-electron chi connectivity index (χ4n) is 1.65. The Bertz CT molecular complexity index is 449. The van der Waals surface area contributed by atoms with Crippen molar-refractivity contribution in [2.45, 2.75) is 33.8 Å². The Hall–Kier alpha value is -1.26. The van der Waals surface area contributed by atoms with E-state index in [1.54, 1.807) is 18.2 Å². The molecule has 2 N–H and O–H groups in total. The fourth-order valence-corrected chi connectivity index (χ4v) is 1.87. The van der Waals surface area contributed by atoms with Crippen LogP contribution < -0.4 is 15.4 Å². The Kier molecular flexibility index (Phi) is 6.82. The molecular formula is C15H23ClN2O2. The van der Waals surface area contributed by atoms with E-state index < -0.39 is 0 Å². The third-order valence-corrected chi connectivity index (χ3v) is 3.01. The molecule has 0 aliphatic rings. The van der Waals surface area contributed by atoms with Crippen LogP contribution in [0.4, 0.5) is 5.69 Å². The molecule has 20 heavy (non-hydrogen) atoms. The number of benzene rings is 1. The van der Waals surface area contributed by atoms with Crippen LogP contribution in [0.1, 0.15) is 27.7 Å². The second-order valence-electron chi connectivity index (χ2n) is 5.01. The summed E-state index contributed by atoms with van der Waals surface area (Å²) in [6.07, 6.45) is 0.0630. The first-order valence-corrected chi connectivity index (χ1v) is 7.29. The molecule has 4 nitrogen and oxygen atoms in total. The summed E-state index contributed by atoms with van der Waals surface area (Å²) < 4.78 is 5.55. The molecule has 1 rings (SSSR count). The Balaban J connectivity index is 2.64. The lowest BCUT2D eigenvalue weighted by Gasteiger charge is -2.15. The normalized spacial score (nSPS) is 12.3. The van der Waals surface area contributed by atoms with Crippen molar-refractivity contribution in [2.24, 2.45) is 5.92 Å². The summed E-state index contributed by atoms with van der Waals surface area (Å²) in [4.78, 5) is 12.0. The van der Waals surface area contributed by atoms with Crippen LogP contribution in [0.3, 0.4) is 0 Å². The van der Waals surface area contributed by atoms with Crippen LogP contribution >= 0.6 is 11.6 Å². The van der Waals surface area contributed by atoms with Crippen molar-refractivity contribution in [1.29, 1.82) is 0 Å². The third-order valence-electron chi connectivity index (χ3n) is 2.71. The van der Waals surface area contributed by atoms with Crippen LogP contribution in [0.15, 0.2) is 18.2 Å². The van der Waals surface area contributed by atoms with Crippen LogP contribution in [0.2, 0.25) is 5.02 Å². The van der Waals surface area contributed by atoms with Crippen molar-refractivity contribution in [3.8, 4) is 5.75 Å². The summed E-state index contributed by atoms with van der Waals surface area (Å²) in [5.74, 6) is 0.500. The van der Waals surface area contributed by atoms with Gasteiger partial charge in [0, 0.05) is 18.2 Å². The molecule has 0 bridgehead atoms. The van der Waals surface area contributed by atoms with Crippen LogP contribution in [0.5, 0.6) is 5.75 Å². The van der Waals surface area contributed by atoms with Gasteiger partial charge in [0.15, 0.2) is 0 Å². The molecule has 0 saturated carbocycles. The highest BCUT2D eigenvalue weighted by molar-refractivity contribution is 6.32. The monoisotopic (exact) mass is 298 g/mol. The molecule has 0 radical (unpaired) electrons. The Morgan fingerprint density at radius 3 is 2.60 bits per heavy atom. The molecule has 0 spiro atoms. The van der Waals surface area contributed by atoms with Crippen molar-refractivity contribution in [3.63, 3.8) is 0 Å². The van der Waals surface area contributed by atoms with E-state index in [1.807, 2.05) is 27.7 Å². The number of rotatable bonds is 7. The van der Waals surface area contributed by atoms with Crippen molar-refractivity contribution in [2.75, 3.05) is 18.4 Å². The maximum Gasteiger partial charge on any atom is 0.228 e. The molecule has 0 fully saturated rings. The fraction of sp³-hybridized carbons (Fsp3) is 0.533. The highest BCUT2D eigenvalue weighted by Gasteiger charge is 2.13. The number of nitrogens with one attached hydrogen (secondary N) is 2. The zero-order valence-electron chi connectivity index (χ0n) is 12.5. The Morgan fingerprint density at radius 2 is 2.05 bits per heavy atom. The zero-order chi connectivity index (χ0) is 15.1. The second-order valence-corrected chi connectivity index (χ2v) is 5.42. The molecule has 1 aromatic rings. The van der Waals surface area contributed by atoms with Crippen molar-refractivity contribution >= 4 is 23.2 Å². The maximum absolute atomic E-state index is 12.0. The Labute approximate surface area is 125 Å². The van der Waals surface area contributed by atoms with Gasteiger partial charge >= 0.3 is 0 Å². The molecule has 0 aliphatic heterocycles. The quantitative estimate of drug-likeness (QED) is 0.812. The lowest BCUT2D eigenvalue weighted by atomic mass is 10.1. The molecule has 1 aromatic carbocycles. The molecule has 1 amide bonds. The topological polar surface area (TPSA) is 50.4 Å². The van der Waals surface area contributed by atoms with Gasteiger partial charge in [0.05, 0.1) is 11.1 Å². The van der Waals surface area contributed by atoms with Gasteiger partial charge in [-0.25, -0.2) is 0 Å². The average molecular weight is 299 g/mol. The third kappa shape index (κ3) is 5.39. The van der Waals surface area contributed by atoms with E-state index >= 15 is 0 Å². The van der Waals surface area contributed by atoms with E-state index in [4.69, 9.17) is 16.3 Å². The van der Waals surface area contributed by atoms with Gasteiger partial charge in [-0.3, -0.25) is 4.79 Å². The number of anilines is 1. The number of hydrogen-bond donors (Lipinski definition) is 2. The highest BCUT2D eigenvalue weighted by atomic mass is 35.5. The molecule has 0 aliphatic carbocycles. The minimum Gasteiger partial charge on any atom is -0.489 e. The summed E-state index contributed by atoms with van der Waals surface area (Å²) in [5, 5.41) is 6.50. The van der Waals surface area contributed by atoms with E-state index in [-0.39, 0.29) is 17.9 Å². The molecular weight excluding hydrogens is 276 g/mol. The molecule has 1 atom stereocenters. The van der Waals surface area contributed by atoms with Gasteiger partial charge in [0.2, 0.25) is 5.91 Å². The van der Waals surface area contributed by atoms with E-state index in [1.165, 1.54) is 0 Å². The molecule has 0 saturated heterocycles. The van der Waals surface area contributed by atoms with Gasteiger partial charge in [0.25, 0.3) is 0 Å². The molecule has 0 aromatic heterocycles. The standard InChI is InChI=1S/C15H23ClN2O2/c1-5-17-9-11(4)15(19)18-12-6-7-14(13(16)8-12)20-10(2)3/h6-8,10-11,17H,5,9H2,1-4H3,(H,18,19). The number of hydrogen-bond acceptors (Lipinski definition) is 3. The number of carbonyl (C=O) groups is 1. The first-order valence-electron chi connectivity index (χ1n) is 6.91. The van der Waals surface area contributed by atoms with E-state index in [9.17, 15) is 4.79 Å². The smallest absolute Gasteiger partial charge is 0.228 e. The van der Waals surface area contributed by atoms with E-state index in [2.05, 4.69) is 10.6 Å². The lowest BCUT2D eigenvalue weighted by Crippen LogP contribution is -2.30. The number of halogens is 1. The van der Waals surface area contributed by atoms with E-state index in [0.29, 0.717) is 23.0 Å². The SMILES string of the molecule is CCNCC(C)C(=O)Nc1ccc(OC(C)C)c(Cl)c1. The minimum absolute atomic E-state index is 0.0282. The predicted molar refractivity (Wildman–Crippen MR) is 83.6 cm³/mol. The average Bonchev–Trinajstić information content (AvgIpc) is 2.38. The number of ether oxygens (including phenoxy) is 1. The lowest BCUT2D eigenvalue weighted by molar-refractivity contribution is -0.119. The van der Waals surface area contributed by atoms with Crippen molar-refractivity contribution < 1.29 is 9.53 Å². The molecule has 0 heterocycles. The van der Waals surface area contributed by atoms with Gasteiger partial charge in [-0.2, -0.15) is 0 Å². The van der Waals surface area contributed by atoms with Gasteiger partial charge in [-0.1, -0.05) is 25.4 Å². The second kappa shape index (κ2) is 8.12. The van der Waals surface area contributed by atoms with Gasteiger partial charge in [0.1, 0.15) is 5.75 Å². The number of carbonyl (C=O) groups excluding carboxylic acids is 1. The minimum atomic E-state index is -0.0969. The summed E-state index contributed by atoms with van der Waals surface area (Å²) in [5.41, 5.74) is 0.680. The van der Waals surface area contributed by atoms with Crippen molar-refractivity contribution in [3.05, 3.63) is 23.2 Å². The van der Waals surface area contributed by atoms with E-state index in [0.717, 1.165) is 6.54 Å². The largest absolute Gasteiger partial charge is 0.489 e. The first kappa shape index (κ1) is 16.8. The van der Waals surface area contributed by atoms with Crippen LogP contribution in [-0.4, -0.2) is 25.1 Å². The van der Waals surface area contributed by atoms with Crippen molar-refractivity contribution in [1.82, 2.24) is 5.32 Å². The summed E-state index contributed by atoms with van der Waals surface area (Å²) in [6, 6.07) is 5.27. The molecule has 112 valence electrons. The summed E-state index contributed by atoms with van der Waals surface area (Å²) >= 11 is 6.13. The first-order chi connectivity index (χ1) is 9.43. The summed E-state index contributed by atoms with van der Waals surface area (Å²) in [7, 11) is 0. The van der Waals surface area contributed by atoms with Crippen LogP contribution in [0.25, 0.3) is 0 Å².